The number of halogens is 3. The molecule has 2 nitrogen and oxygen atoms in total. The Morgan fingerprint density at radius 2 is 2.10 bits per heavy atom. The summed E-state index contributed by atoms with van der Waals surface area (Å²) in [6.45, 7) is 1.36. The van der Waals surface area contributed by atoms with Crippen LogP contribution in [-0.2, 0) is 6.18 Å². The molecule has 0 atom stereocenters. The SMILES string of the molecule is Cc1nc(C(F)(F)F)co1. The van der Waals surface area contributed by atoms with E-state index in [1.807, 2.05) is 0 Å². The molecule has 0 unspecified atom stereocenters. The van der Waals surface area contributed by atoms with E-state index in [1.165, 1.54) is 6.92 Å². The summed E-state index contributed by atoms with van der Waals surface area (Å²) in [5.41, 5.74) is -0.981. The van der Waals surface area contributed by atoms with Gasteiger partial charge >= 0.3 is 6.18 Å². The lowest BCUT2D eigenvalue weighted by atomic mass is 10.5. The maximum Gasteiger partial charge on any atom is 0.436 e. The third-order valence-electron chi connectivity index (χ3n) is 0.909. The van der Waals surface area contributed by atoms with Crippen molar-refractivity contribution in [2.45, 2.75) is 13.1 Å². The van der Waals surface area contributed by atoms with Crippen molar-refractivity contribution < 1.29 is 17.6 Å². The van der Waals surface area contributed by atoms with Crippen molar-refractivity contribution in [3.8, 4) is 0 Å². The summed E-state index contributed by atoms with van der Waals surface area (Å²) in [4.78, 5) is 3.09. The average Bonchev–Trinajstić information content (AvgIpc) is 2.11. The lowest BCUT2D eigenvalue weighted by Crippen LogP contribution is -2.04. The molecule has 0 N–H and O–H groups in total. The van der Waals surface area contributed by atoms with Crippen molar-refractivity contribution in [2.24, 2.45) is 0 Å². The highest BCUT2D eigenvalue weighted by Crippen LogP contribution is 2.27. The zero-order valence-corrected chi connectivity index (χ0v) is 5.07. The second kappa shape index (κ2) is 2.00. The lowest BCUT2D eigenvalue weighted by molar-refractivity contribution is -0.141. The van der Waals surface area contributed by atoms with Crippen molar-refractivity contribution >= 4 is 0 Å². The molecule has 0 saturated carbocycles. The van der Waals surface area contributed by atoms with E-state index < -0.39 is 11.9 Å². The fourth-order valence-electron chi connectivity index (χ4n) is 0.494. The van der Waals surface area contributed by atoms with Crippen molar-refractivity contribution in [3.63, 3.8) is 0 Å². The van der Waals surface area contributed by atoms with E-state index in [9.17, 15) is 13.2 Å². The van der Waals surface area contributed by atoms with Gasteiger partial charge in [-0.2, -0.15) is 13.2 Å². The van der Waals surface area contributed by atoms with E-state index in [2.05, 4.69) is 9.40 Å². The van der Waals surface area contributed by atoms with E-state index in [1.54, 1.807) is 0 Å². The number of rotatable bonds is 0. The number of aromatic nitrogens is 1. The fraction of sp³-hybridized carbons (Fsp3) is 0.400. The third kappa shape index (κ3) is 1.29. The van der Waals surface area contributed by atoms with Gasteiger partial charge in [0.25, 0.3) is 0 Å². The average molecular weight is 151 g/mol. The van der Waals surface area contributed by atoms with Crippen LogP contribution in [0.1, 0.15) is 11.6 Å². The first-order valence-electron chi connectivity index (χ1n) is 2.49. The van der Waals surface area contributed by atoms with Gasteiger partial charge in [0.1, 0.15) is 6.26 Å². The Morgan fingerprint density at radius 1 is 1.50 bits per heavy atom. The van der Waals surface area contributed by atoms with Crippen LogP contribution in [0.3, 0.4) is 0 Å². The molecule has 5 heteroatoms. The van der Waals surface area contributed by atoms with Gasteiger partial charge in [-0.1, -0.05) is 0 Å². The maximum atomic E-state index is 11.7. The summed E-state index contributed by atoms with van der Waals surface area (Å²) in [5, 5.41) is 0. The minimum atomic E-state index is -4.39. The van der Waals surface area contributed by atoms with Crippen LogP contribution < -0.4 is 0 Å². The number of hydrogen-bond acceptors (Lipinski definition) is 2. The van der Waals surface area contributed by atoms with E-state index in [0.717, 1.165) is 0 Å². The first-order chi connectivity index (χ1) is 4.50. The van der Waals surface area contributed by atoms with Gasteiger partial charge in [0.15, 0.2) is 11.6 Å². The minimum Gasteiger partial charge on any atom is -0.449 e. The minimum absolute atomic E-state index is 0.0207. The molecule has 1 rings (SSSR count). The van der Waals surface area contributed by atoms with Crippen LogP contribution in [0.25, 0.3) is 0 Å². The van der Waals surface area contributed by atoms with Gasteiger partial charge in [-0.15, -0.1) is 0 Å². The monoisotopic (exact) mass is 151 g/mol. The number of aryl methyl sites for hydroxylation is 1. The van der Waals surface area contributed by atoms with Crippen LogP contribution in [0.5, 0.6) is 0 Å². The molecule has 0 aliphatic carbocycles. The van der Waals surface area contributed by atoms with E-state index >= 15 is 0 Å². The highest BCUT2D eigenvalue weighted by atomic mass is 19.4. The molecule has 0 amide bonds. The predicted octanol–water partition coefficient (Wildman–Crippen LogP) is 2.00. The molecule has 1 heterocycles. The van der Waals surface area contributed by atoms with Crippen LogP contribution in [0.15, 0.2) is 10.7 Å². The topological polar surface area (TPSA) is 26.0 Å². The first kappa shape index (κ1) is 7.11. The van der Waals surface area contributed by atoms with E-state index in [0.29, 0.717) is 6.26 Å². The maximum absolute atomic E-state index is 11.7. The summed E-state index contributed by atoms with van der Waals surface area (Å²) < 4.78 is 39.4. The predicted molar refractivity (Wildman–Crippen MR) is 26.2 cm³/mol. The molecular formula is C5H4F3NO. The fourth-order valence-corrected chi connectivity index (χ4v) is 0.494. The lowest BCUT2D eigenvalue weighted by Gasteiger charge is -1.97. The summed E-state index contributed by atoms with van der Waals surface area (Å²) in [7, 11) is 0. The third-order valence-corrected chi connectivity index (χ3v) is 0.909. The number of oxazole rings is 1. The van der Waals surface area contributed by atoms with Gasteiger partial charge < -0.3 is 4.42 Å². The molecular weight excluding hydrogens is 147 g/mol. The largest absolute Gasteiger partial charge is 0.449 e. The number of hydrogen-bond donors (Lipinski definition) is 0. The summed E-state index contributed by atoms with van der Waals surface area (Å²) in [5.74, 6) is 0.0207. The molecule has 1 aromatic heterocycles. The highest BCUT2D eigenvalue weighted by molar-refractivity contribution is 4.99. The molecule has 0 spiro atoms. The van der Waals surface area contributed by atoms with Crippen molar-refractivity contribution in [2.75, 3.05) is 0 Å². The summed E-state index contributed by atoms with van der Waals surface area (Å²) in [6, 6.07) is 0. The molecule has 10 heavy (non-hydrogen) atoms. The van der Waals surface area contributed by atoms with Gasteiger partial charge in [-0.3, -0.25) is 0 Å². The normalized spacial score (nSPS) is 12.0. The zero-order valence-electron chi connectivity index (χ0n) is 5.07. The van der Waals surface area contributed by atoms with E-state index in [-0.39, 0.29) is 5.89 Å². The van der Waals surface area contributed by atoms with Gasteiger partial charge in [0.2, 0.25) is 0 Å². The molecule has 0 aliphatic rings. The van der Waals surface area contributed by atoms with Crippen LogP contribution in [-0.4, -0.2) is 4.98 Å². The molecule has 1 aromatic rings. The van der Waals surface area contributed by atoms with Crippen LogP contribution in [0.2, 0.25) is 0 Å². The molecule has 0 radical (unpaired) electrons. The van der Waals surface area contributed by atoms with E-state index in [4.69, 9.17) is 0 Å². The van der Waals surface area contributed by atoms with Crippen LogP contribution >= 0.6 is 0 Å². The van der Waals surface area contributed by atoms with Gasteiger partial charge in [0, 0.05) is 6.92 Å². The van der Waals surface area contributed by atoms with Crippen molar-refractivity contribution in [1.82, 2.24) is 4.98 Å². The smallest absolute Gasteiger partial charge is 0.436 e. The Hall–Kier alpha value is -1.00. The second-order valence-electron chi connectivity index (χ2n) is 1.75. The summed E-state index contributed by atoms with van der Waals surface area (Å²) >= 11 is 0. The van der Waals surface area contributed by atoms with Gasteiger partial charge in [-0.25, -0.2) is 4.98 Å². The summed E-state index contributed by atoms with van der Waals surface area (Å²) in [6.07, 6.45) is -3.80. The molecule has 56 valence electrons. The Bertz CT molecular complexity index is 227. The molecule has 0 fully saturated rings. The molecule has 0 aromatic carbocycles. The molecule has 0 bridgehead atoms. The molecule has 0 saturated heterocycles. The van der Waals surface area contributed by atoms with Crippen LogP contribution in [0, 0.1) is 6.92 Å². The zero-order chi connectivity index (χ0) is 7.78. The number of alkyl halides is 3. The Labute approximate surface area is 54.7 Å². The van der Waals surface area contributed by atoms with Crippen molar-refractivity contribution in [1.29, 1.82) is 0 Å². The molecule has 0 aliphatic heterocycles. The Balaban J connectivity index is 2.96. The Kier molecular flexibility index (Phi) is 1.42. The quantitative estimate of drug-likeness (QED) is 0.566. The second-order valence-corrected chi connectivity index (χ2v) is 1.75. The van der Waals surface area contributed by atoms with Gasteiger partial charge in [0.05, 0.1) is 0 Å². The Morgan fingerprint density at radius 3 is 2.30 bits per heavy atom. The number of nitrogens with zero attached hydrogens (tertiary/aromatic N) is 1. The van der Waals surface area contributed by atoms with Crippen LogP contribution in [0.4, 0.5) is 13.2 Å². The highest BCUT2D eigenvalue weighted by Gasteiger charge is 2.34. The standard InChI is InChI=1S/C5H4F3NO/c1-3-9-4(2-10-3)5(6,7)8/h2H,1H3. The first-order valence-corrected chi connectivity index (χ1v) is 2.49. The van der Waals surface area contributed by atoms with Gasteiger partial charge in [-0.05, 0) is 0 Å². The van der Waals surface area contributed by atoms with Crippen molar-refractivity contribution in [3.05, 3.63) is 17.8 Å².